The second-order valence-corrected chi connectivity index (χ2v) is 7.13. The number of hydrogen-bond donors (Lipinski definition) is 0. The average Bonchev–Trinajstić information content (AvgIpc) is 3.40. The molecule has 0 unspecified atom stereocenters. The molecule has 1 aliphatic heterocycles. The van der Waals surface area contributed by atoms with Crippen LogP contribution in [0.3, 0.4) is 0 Å². The zero-order valence-corrected chi connectivity index (χ0v) is 14.4. The van der Waals surface area contributed by atoms with Gasteiger partial charge in [-0.25, -0.2) is 14.8 Å². The third kappa shape index (κ3) is 3.07. The maximum atomic E-state index is 12.4. The second-order valence-electron chi connectivity index (χ2n) is 5.40. The highest BCUT2D eigenvalue weighted by molar-refractivity contribution is 7.13. The van der Waals surface area contributed by atoms with Crippen molar-refractivity contribution in [3.8, 4) is 10.8 Å². The number of esters is 1. The van der Waals surface area contributed by atoms with E-state index in [2.05, 4.69) is 9.97 Å². The maximum absolute atomic E-state index is 12.4. The smallest absolute Gasteiger partial charge is 0.329 e. The Bertz CT molecular complexity index is 799. The molecule has 4 rings (SSSR count). The highest BCUT2D eigenvalue weighted by Gasteiger charge is 2.33. The molecule has 1 saturated heterocycles. The average molecular weight is 361 g/mol. The Hall–Kier alpha value is -2.19. The van der Waals surface area contributed by atoms with Crippen molar-refractivity contribution in [1.29, 1.82) is 0 Å². The summed E-state index contributed by atoms with van der Waals surface area (Å²) in [5.74, 6) is 0.513. The highest BCUT2D eigenvalue weighted by Crippen LogP contribution is 2.28. The monoisotopic (exact) mass is 361 g/mol. The van der Waals surface area contributed by atoms with Crippen LogP contribution in [-0.4, -0.2) is 28.5 Å². The summed E-state index contributed by atoms with van der Waals surface area (Å²) in [7, 11) is 0. The van der Waals surface area contributed by atoms with Crippen molar-refractivity contribution in [3.05, 3.63) is 41.0 Å². The lowest BCUT2D eigenvalue weighted by Crippen LogP contribution is -2.37. The molecule has 24 heavy (non-hydrogen) atoms. The van der Waals surface area contributed by atoms with Crippen LogP contribution in [0.15, 0.2) is 39.8 Å². The quantitative estimate of drug-likeness (QED) is 0.647. The molecule has 6 nitrogen and oxygen atoms in total. The molecule has 0 spiro atoms. The van der Waals surface area contributed by atoms with Gasteiger partial charge in [-0.15, -0.1) is 22.7 Å². The van der Waals surface area contributed by atoms with Crippen molar-refractivity contribution in [3.63, 3.8) is 0 Å². The van der Waals surface area contributed by atoms with Crippen LogP contribution in [0.1, 0.15) is 18.5 Å². The fraction of sp³-hybridized carbons (Fsp3) is 0.312. The van der Waals surface area contributed by atoms with E-state index in [0.29, 0.717) is 0 Å². The molecular weight excluding hydrogens is 346 g/mol. The third-order valence-electron chi connectivity index (χ3n) is 3.84. The third-order valence-corrected chi connectivity index (χ3v) is 5.55. The van der Waals surface area contributed by atoms with Crippen LogP contribution in [0.2, 0.25) is 0 Å². The molecule has 0 aliphatic carbocycles. The summed E-state index contributed by atoms with van der Waals surface area (Å²) in [6.45, 7) is 1.02. The SMILES string of the molecule is O=C(OCc1csc(-c2ccco2)n1)[C@@H]1CCCN1c1nccs1. The van der Waals surface area contributed by atoms with Gasteiger partial charge in [-0.05, 0) is 25.0 Å². The Morgan fingerprint density at radius 2 is 2.42 bits per heavy atom. The first-order valence-corrected chi connectivity index (χ1v) is 9.38. The van der Waals surface area contributed by atoms with Crippen LogP contribution in [0.5, 0.6) is 0 Å². The molecule has 1 aliphatic rings. The minimum atomic E-state index is -0.251. The minimum Gasteiger partial charge on any atom is -0.462 e. The van der Waals surface area contributed by atoms with E-state index in [1.807, 2.05) is 27.8 Å². The molecule has 0 radical (unpaired) electrons. The number of furan rings is 1. The summed E-state index contributed by atoms with van der Waals surface area (Å²) >= 11 is 3.02. The predicted molar refractivity (Wildman–Crippen MR) is 92.1 cm³/mol. The van der Waals surface area contributed by atoms with Gasteiger partial charge >= 0.3 is 5.97 Å². The molecule has 0 aromatic carbocycles. The van der Waals surface area contributed by atoms with Gasteiger partial charge in [0, 0.05) is 23.5 Å². The Balaban J connectivity index is 1.38. The number of carbonyl (C=O) groups excluding carboxylic acids is 1. The molecule has 1 fully saturated rings. The van der Waals surface area contributed by atoms with Crippen molar-refractivity contribution < 1.29 is 13.9 Å². The highest BCUT2D eigenvalue weighted by atomic mass is 32.1. The summed E-state index contributed by atoms with van der Waals surface area (Å²) < 4.78 is 10.8. The normalized spacial score (nSPS) is 17.3. The van der Waals surface area contributed by atoms with Gasteiger partial charge in [0.25, 0.3) is 0 Å². The van der Waals surface area contributed by atoms with Crippen molar-refractivity contribution >= 4 is 33.8 Å². The number of anilines is 1. The standard InChI is InChI=1S/C16H15N3O3S2/c20-15(12-3-1-6-19(12)16-17-5-8-23-16)22-9-11-10-24-14(18-11)13-4-2-7-21-13/h2,4-5,7-8,10,12H,1,3,6,9H2/t12-/m0/s1. The Morgan fingerprint density at radius 1 is 1.46 bits per heavy atom. The summed E-state index contributed by atoms with van der Waals surface area (Å²) in [6.07, 6.45) is 5.14. The zero-order chi connectivity index (χ0) is 16.4. The topological polar surface area (TPSA) is 68.5 Å². The Labute approximate surface area is 146 Å². The van der Waals surface area contributed by atoms with Crippen molar-refractivity contribution in [2.24, 2.45) is 0 Å². The van der Waals surface area contributed by atoms with Gasteiger partial charge in [0.15, 0.2) is 15.9 Å². The summed E-state index contributed by atoms with van der Waals surface area (Å²) in [5.41, 5.74) is 0.735. The number of nitrogens with zero attached hydrogens (tertiary/aromatic N) is 3. The van der Waals surface area contributed by atoms with Gasteiger partial charge < -0.3 is 14.1 Å². The van der Waals surface area contributed by atoms with Crippen LogP contribution >= 0.6 is 22.7 Å². The van der Waals surface area contributed by atoms with Crippen LogP contribution < -0.4 is 4.90 Å². The van der Waals surface area contributed by atoms with E-state index in [4.69, 9.17) is 9.15 Å². The molecular formula is C16H15N3O3S2. The lowest BCUT2D eigenvalue weighted by atomic mass is 10.2. The van der Waals surface area contributed by atoms with E-state index >= 15 is 0 Å². The van der Waals surface area contributed by atoms with E-state index in [-0.39, 0.29) is 18.6 Å². The number of ether oxygens (including phenoxy) is 1. The van der Waals surface area contributed by atoms with Gasteiger partial charge in [-0.1, -0.05) is 0 Å². The first kappa shape index (κ1) is 15.3. The van der Waals surface area contributed by atoms with Crippen LogP contribution in [0.25, 0.3) is 10.8 Å². The second kappa shape index (κ2) is 6.74. The zero-order valence-electron chi connectivity index (χ0n) is 12.8. The van der Waals surface area contributed by atoms with Gasteiger partial charge in [-0.2, -0.15) is 0 Å². The first-order chi connectivity index (χ1) is 11.8. The molecule has 1 atom stereocenters. The Morgan fingerprint density at radius 3 is 3.21 bits per heavy atom. The fourth-order valence-corrected chi connectivity index (χ4v) is 4.22. The van der Waals surface area contributed by atoms with Gasteiger partial charge in [0.05, 0.1) is 12.0 Å². The molecule has 8 heteroatoms. The molecule has 124 valence electrons. The summed E-state index contributed by atoms with van der Waals surface area (Å²) in [4.78, 5) is 23.2. The first-order valence-electron chi connectivity index (χ1n) is 7.62. The van der Waals surface area contributed by atoms with Gasteiger partial charge in [-0.3, -0.25) is 0 Å². The van der Waals surface area contributed by atoms with Crippen LogP contribution in [0.4, 0.5) is 5.13 Å². The van der Waals surface area contributed by atoms with Crippen molar-refractivity contribution in [2.45, 2.75) is 25.5 Å². The maximum Gasteiger partial charge on any atom is 0.329 e. The minimum absolute atomic E-state index is 0.179. The van der Waals surface area contributed by atoms with Gasteiger partial charge in [0.2, 0.25) is 0 Å². The van der Waals surface area contributed by atoms with E-state index in [1.54, 1.807) is 23.8 Å². The van der Waals surface area contributed by atoms with Crippen LogP contribution in [-0.2, 0) is 16.1 Å². The predicted octanol–water partition coefficient (Wildman–Crippen LogP) is 3.57. The molecule has 0 N–H and O–H groups in total. The van der Waals surface area contributed by atoms with Crippen molar-refractivity contribution in [1.82, 2.24) is 9.97 Å². The number of hydrogen-bond acceptors (Lipinski definition) is 8. The molecule has 3 aromatic heterocycles. The largest absolute Gasteiger partial charge is 0.462 e. The summed E-state index contributed by atoms with van der Waals surface area (Å²) in [5, 5.41) is 5.47. The van der Waals surface area contributed by atoms with Crippen molar-refractivity contribution in [2.75, 3.05) is 11.4 Å². The lowest BCUT2D eigenvalue weighted by molar-refractivity contribution is -0.146. The summed E-state index contributed by atoms with van der Waals surface area (Å²) in [6, 6.07) is 3.43. The fourth-order valence-electron chi connectivity index (χ4n) is 2.73. The lowest BCUT2D eigenvalue weighted by Gasteiger charge is -2.22. The molecule has 0 saturated carbocycles. The molecule has 4 heterocycles. The van der Waals surface area contributed by atoms with E-state index in [1.165, 1.54) is 11.3 Å². The number of rotatable bonds is 5. The molecule has 0 bridgehead atoms. The number of carbonyl (C=O) groups is 1. The van der Waals surface area contributed by atoms with Gasteiger partial charge in [0.1, 0.15) is 12.6 Å². The van der Waals surface area contributed by atoms with E-state index in [0.717, 1.165) is 41.0 Å². The Kier molecular flexibility index (Phi) is 4.31. The molecule has 0 amide bonds. The van der Waals surface area contributed by atoms with E-state index in [9.17, 15) is 4.79 Å². The number of thiazole rings is 2. The van der Waals surface area contributed by atoms with E-state index < -0.39 is 0 Å². The molecule has 3 aromatic rings. The number of aromatic nitrogens is 2. The van der Waals surface area contributed by atoms with Crippen LogP contribution in [0, 0.1) is 0 Å².